The summed E-state index contributed by atoms with van der Waals surface area (Å²) >= 11 is 0. The summed E-state index contributed by atoms with van der Waals surface area (Å²) < 4.78 is 5.54. The number of hydrogen-bond donors (Lipinski definition) is 0. The van der Waals surface area contributed by atoms with Crippen molar-refractivity contribution in [1.82, 2.24) is 0 Å². The van der Waals surface area contributed by atoms with Crippen LogP contribution in [0.1, 0.15) is 17.5 Å². The third kappa shape index (κ3) is 5.21. The minimum absolute atomic E-state index is 0.312. The highest BCUT2D eigenvalue weighted by Crippen LogP contribution is 2.18. The first-order chi connectivity index (χ1) is 12.8. The van der Waals surface area contributed by atoms with E-state index in [2.05, 4.69) is 12.1 Å². The van der Waals surface area contributed by atoms with Gasteiger partial charge in [0.05, 0.1) is 13.2 Å². The normalized spacial score (nSPS) is 10.3. The Balaban J connectivity index is 1.59. The van der Waals surface area contributed by atoms with Crippen LogP contribution in [0.25, 0.3) is 0 Å². The molecule has 1 amide bonds. The van der Waals surface area contributed by atoms with Crippen molar-refractivity contribution in [2.75, 3.05) is 11.5 Å². The van der Waals surface area contributed by atoms with Crippen molar-refractivity contribution in [1.29, 1.82) is 0 Å². The van der Waals surface area contributed by atoms with Crippen molar-refractivity contribution in [2.24, 2.45) is 0 Å². The highest BCUT2D eigenvalue weighted by atomic mass is 16.6. The van der Waals surface area contributed by atoms with Crippen LogP contribution >= 0.6 is 0 Å². The number of carbonyl (C=O) groups is 1. The number of nitrogens with zero attached hydrogens (tertiary/aromatic N) is 1. The standard InChI is InChI=1S/C23H23NO2/c25-23(26-18-10-15-20-11-4-1-5-12-20)24(22-16-8-3-9-17-22)19-21-13-6-2-7-14-21/h1-9,11-14,16-17H,10,15,18-19H2. The molecule has 3 heteroatoms. The molecule has 0 N–H and O–H groups in total. The number of ether oxygens (including phenoxy) is 1. The van der Waals surface area contributed by atoms with E-state index >= 15 is 0 Å². The Labute approximate surface area is 154 Å². The maximum absolute atomic E-state index is 12.7. The van der Waals surface area contributed by atoms with Crippen LogP contribution in [0.2, 0.25) is 0 Å². The van der Waals surface area contributed by atoms with Crippen molar-refractivity contribution in [3.63, 3.8) is 0 Å². The Morgan fingerprint density at radius 2 is 1.27 bits per heavy atom. The molecule has 0 fully saturated rings. The van der Waals surface area contributed by atoms with Gasteiger partial charge in [0.1, 0.15) is 0 Å². The summed E-state index contributed by atoms with van der Waals surface area (Å²) in [6, 6.07) is 29.8. The monoisotopic (exact) mass is 345 g/mol. The van der Waals surface area contributed by atoms with Gasteiger partial charge in [0.2, 0.25) is 0 Å². The quantitative estimate of drug-likeness (QED) is 0.532. The fourth-order valence-electron chi connectivity index (χ4n) is 2.79. The van der Waals surface area contributed by atoms with Crippen LogP contribution in [0.5, 0.6) is 0 Å². The third-order valence-corrected chi connectivity index (χ3v) is 4.15. The van der Waals surface area contributed by atoms with Gasteiger partial charge in [0.25, 0.3) is 0 Å². The number of aryl methyl sites for hydroxylation is 1. The zero-order valence-corrected chi connectivity index (χ0v) is 14.8. The van der Waals surface area contributed by atoms with Crippen LogP contribution in [0.3, 0.4) is 0 Å². The van der Waals surface area contributed by atoms with Gasteiger partial charge in [0.15, 0.2) is 0 Å². The molecule has 26 heavy (non-hydrogen) atoms. The second-order valence-corrected chi connectivity index (χ2v) is 6.11. The highest BCUT2D eigenvalue weighted by Gasteiger charge is 2.17. The Bertz CT molecular complexity index is 788. The SMILES string of the molecule is O=C(OCCCc1ccccc1)N(Cc1ccccc1)c1ccccc1. The number of para-hydroxylation sites is 1. The van der Waals surface area contributed by atoms with Gasteiger partial charge in [-0.1, -0.05) is 78.9 Å². The zero-order chi connectivity index (χ0) is 18.0. The maximum atomic E-state index is 12.7. The van der Waals surface area contributed by atoms with E-state index in [1.54, 1.807) is 4.90 Å². The van der Waals surface area contributed by atoms with Gasteiger partial charge in [0, 0.05) is 5.69 Å². The van der Waals surface area contributed by atoms with Gasteiger partial charge in [-0.15, -0.1) is 0 Å². The third-order valence-electron chi connectivity index (χ3n) is 4.15. The van der Waals surface area contributed by atoms with Gasteiger partial charge in [-0.05, 0) is 36.1 Å². The molecule has 0 unspecified atom stereocenters. The first-order valence-electron chi connectivity index (χ1n) is 8.90. The topological polar surface area (TPSA) is 29.5 Å². The van der Waals surface area contributed by atoms with Gasteiger partial charge in [-0.25, -0.2) is 4.79 Å². The lowest BCUT2D eigenvalue weighted by Gasteiger charge is -2.22. The second-order valence-electron chi connectivity index (χ2n) is 6.11. The Morgan fingerprint density at radius 3 is 1.88 bits per heavy atom. The lowest BCUT2D eigenvalue weighted by atomic mass is 10.1. The predicted octanol–water partition coefficient (Wildman–Crippen LogP) is 5.46. The van der Waals surface area contributed by atoms with E-state index in [1.807, 2.05) is 78.9 Å². The molecular weight excluding hydrogens is 322 g/mol. The highest BCUT2D eigenvalue weighted by molar-refractivity contribution is 5.87. The lowest BCUT2D eigenvalue weighted by molar-refractivity contribution is 0.152. The molecule has 0 bridgehead atoms. The average molecular weight is 345 g/mol. The fourth-order valence-corrected chi connectivity index (χ4v) is 2.79. The number of rotatable bonds is 7. The summed E-state index contributed by atoms with van der Waals surface area (Å²) in [6.07, 6.45) is 1.40. The molecule has 0 spiro atoms. The number of amides is 1. The molecule has 3 aromatic rings. The zero-order valence-electron chi connectivity index (χ0n) is 14.8. The van der Waals surface area contributed by atoms with Crippen LogP contribution < -0.4 is 4.90 Å². The maximum Gasteiger partial charge on any atom is 0.414 e. The number of benzene rings is 3. The Hall–Kier alpha value is -3.07. The fraction of sp³-hybridized carbons (Fsp3) is 0.174. The molecule has 0 aromatic heterocycles. The molecule has 0 heterocycles. The summed E-state index contributed by atoms with van der Waals surface area (Å²) in [5.74, 6) is 0. The van der Waals surface area contributed by atoms with Crippen molar-refractivity contribution >= 4 is 11.8 Å². The molecule has 3 rings (SSSR count). The van der Waals surface area contributed by atoms with Crippen molar-refractivity contribution in [3.05, 3.63) is 102 Å². The minimum atomic E-state index is -0.312. The number of anilines is 1. The van der Waals surface area contributed by atoms with Crippen LogP contribution in [-0.4, -0.2) is 12.7 Å². The van der Waals surface area contributed by atoms with Gasteiger partial charge in [-0.3, -0.25) is 4.90 Å². The molecular formula is C23H23NO2. The van der Waals surface area contributed by atoms with E-state index in [-0.39, 0.29) is 6.09 Å². The first-order valence-corrected chi connectivity index (χ1v) is 8.90. The molecule has 132 valence electrons. The van der Waals surface area contributed by atoms with Crippen LogP contribution in [-0.2, 0) is 17.7 Å². The van der Waals surface area contributed by atoms with E-state index in [0.29, 0.717) is 13.2 Å². The minimum Gasteiger partial charge on any atom is -0.449 e. The largest absolute Gasteiger partial charge is 0.449 e. The van der Waals surface area contributed by atoms with E-state index in [4.69, 9.17) is 4.74 Å². The van der Waals surface area contributed by atoms with E-state index in [9.17, 15) is 4.79 Å². The van der Waals surface area contributed by atoms with Crippen LogP contribution in [0, 0.1) is 0 Å². The lowest BCUT2D eigenvalue weighted by Crippen LogP contribution is -2.31. The van der Waals surface area contributed by atoms with Crippen LogP contribution in [0.4, 0.5) is 10.5 Å². The number of carbonyl (C=O) groups excluding carboxylic acids is 1. The number of hydrogen-bond acceptors (Lipinski definition) is 2. The summed E-state index contributed by atoms with van der Waals surface area (Å²) in [6.45, 7) is 0.897. The average Bonchev–Trinajstić information content (AvgIpc) is 2.71. The van der Waals surface area contributed by atoms with E-state index in [0.717, 1.165) is 24.1 Å². The van der Waals surface area contributed by atoms with Gasteiger partial charge >= 0.3 is 6.09 Å². The summed E-state index contributed by atoms with van der Waals surface area (Å²) in [4.78, 5) is 14.3. The predicted molar refractivity (Wildman–Crippen MR) is 105 cm³/mol. The van der Waals surface area contributed by atoms with Crippen molar-refractivity contribution < 1.29 is 9.53 Å². The smallest absolute Gasteiger partial charge is 0.414 e. The molecule has 0 saturated heterocycles. The summed E-state index contributed by atoms with van der Waals surface area (Å²) in [7, 11) is 0. The molecule has 0 aliphatic carbocycles. The Morgan fingerprint density at radius 1 is 0.731 bits per heavy atom. The van der Waals surface area contributed by atoms with E-state index < -0.39 is 0 Å². The summed E-state index contributed by atoms with van der Waals surface area (Å²) in [5, 5.41) is 0. The van der Waals surface area contributed by atoms with Crippen molar-refractivity contribution in [2.45, 2.75) is 19.4 Å². The molecule has 0 atom stereocenters. The van der Waals surface area contributed by atoms with E-state index in [1.165, 1.54) is 5.56 Å². The van der Waals surface area contributed by atoms with Crippen LogP contribution in [0.15, 0.2) is 91.0 Å². The van der Waals surface area contributed by atoms with Gasteiger partial charge in [-0.2, -0.15) is 0 Å². The van der Waals surface area contributed by atoms with Gasteiger partial charge < -0.3 is 4.74 Å². The molecule has 3 nitrogen and oxygen atoms in total. The molecule has 0 radical (unpaired) electrons. The van der Waals surface area contributed by atoms with Crippen molar-refractivity contribution in [3.8, 4) is 0 Å². The first kappa shape index (κ1) is 17.7. The molecule has 3 aromatic carbocycles. The molecule has 0 aliphatic heterocycles. The summed E-state index contributed by atoms with van der Waals surface area (Å²) in [5.41, 5.74) is 3.16. The molecule has 0 saturated carbocycles. The second kappa shape index (κ2) is 9.42. The Kier molecular flexibility index (Phi) is 6.43. The molecule has 0 aliphatic rings.